The monoisotopic (exact) mass is 446 g/mol. The zero-order valence-electron chi connectivity index (χ0n) is 18.1. The SMILES string of the molecule is COc1ccc(CCNc2ncnc(Oc3ccc4ccccc4c3)c2[N+](=O)[O-])cc1OC. The van der Waals surface area contributed by atoms with Crippen LogP contribution in [0.1, 0.15) is 5.56 Å². The van der Waals surface area contributed by atoms with Crippen LogP contribution in [-0.2, 0) is 6.42 Å². The summed E-state index contributed by atoms with van der Waals surface area (Å²) in [4.78, 5) is 19.3. The maximum absolute atomic E-state index is 11.8. The van der Waals surface area contributed by atoms with E-state index in [4.69, 9.17) is 14.2 Å². The van der Waals surface area contributed by atoms with Crippen LogP contribution in [0.25, 0.3) is 10.8 Å². The number of hydrogen-bond acceptors (Lipinski definition) is 8. The van der Waals surface area contributed by atoms with E-state index in [0.29, 0.717) is 30.2 Å². The van der Waals surface area contributed by atoms with Crippen molar-refractivity contribution >= 4 is 22.3 Å². The minimum atomic E-state index is -0.547. The molecule has 3 aromatic carbocycles. The van der Waals surface area contributed by atoms with Gasteiger partial charge >= 0.3 is 11.6 Å². The Morgan fingerprint density at radius 1 is 0.939 bits per heavy atom. The molecule has 0 saturated carbocycles. The fourth-order valence-electron chi connectivity index (χ4n) is 3.44. The Kier molecular flexibility index (Phi) is 6.49. The molecular formula is C24H22N4O5. The maximum Gasteiger partial charge on any atom is 0.373 e. The van der Waals surface area contributed by atoms with Crippen LogP contribution in [0, 0.1) is 10.1 Å². The van der Waals surface area contributed by atoms with Crippen molar-refractivity contribution in [2.75, 3.05) is 26.1 Å². The van der Waals surface area contributed by atoms with Gasteiger partial charge in [0.05, 0.1) is 19.1 Å². The largest absolute Gasteiger partial charge is 0.493 e. The van der Waals surface area contributed by atoms with Gasteiger partial charge in [0.2, 0.25) is 5.82 Å². The van der Waals surface area contributed by atoms with Crippen molar-refractivity contribution < 1.29 is 19.1 Å². The molecule has 168 valence electrons. The second-order valence-electron chi connectivity index (χ2n) is 7.11. The number of methoxy groups -OCH3 is 2. The number of anilines is 1. The third-order valence-corrected chi connectivity index (χ3v) is 5.06. The van der Waals surface area contributed by atoms with Gasteiger partial charge in [0.15, 0.2) is 11.5 Å². The Balaban J connectivity index is 1.52. The normalized spacial score (nSPS) is 10.6. The molecule has 33 heavy (non-hydrogen) atoms. The van der Waals surface area contributed by atoms with E-state index in [9.17, 15) is 10.1 Å². The van der Waals surface area contributed by atoms with Crippen LogP contribution >= 0.6 is 0 Å². The van der Waals surface area contributed by atoms with Gasteiger partial charge in [-0.15, -0.1) is 0 Å². The molecule has 0 aliphatic carbocycles. The Morgan fingerprint density at radius 3 is 2.48 bits per heavy atom. The van der Waals surface area contributed by atoms with Crippen LogP contribution in [0.2, 0.25) is 0 Å². The van der Waals surface area contributed by atoms with Crippen LogP contribution in [-0.4, -0.2) is 35.7 Å². The van der Waals surface area contributed by atoms with Crippen LogP contribution < -0.4 is 19.5 Å². The minimum Gasteiger partial charge on any atom is -0.493 e. The van der Waals surface area contributed by atoms with Crippen molar-refractivity contribution in [3.63, 3.8) is 0 Å². The van der Waals surface area contributed by atoms with Crippen molar-refractivity contribution in [3.05, 3.63) is 82.7 Å². The maximum atomic E-state index is 11.8. The van der Waals surface area contributed by atoms with Crippen LogP contribution in [0.4, 0.5) is 11.5 Å². The molecule has 1 aromatic heterocycles. The molecule has 4 rings (SSSR count). The number of benzene rings is 3. The van der Waals surface area contributed by atoms with E-state index >= 15 is 0 Å². The van der Waals surface area contributed by atoms with Crippen molar-refractivity contribution in [1.29, 1.82) is 0 Å². The van der Waals surface area contributed by atoms with Gasteiger partial charge in [-0.1, -0.05) is 36.4 Å². The summed E-state index contributed by atoms with van der Waals surface area (Å²) in [6, 6.07) is 18.8. The molecule has 9 heteroatoms. The van der Waals surface area contributed by atoms with E-state index < -0.39 is 4.92 Å². The second kappa shape index (κ2) is 9.82. The van der Waals surface area contributed by atoms with E-state index in [0.717, 1.165) is 16.3 Å². The first kappa shape index (κ1) is 21.8. The highest BCUT2D eigenvalue weighted by Gasteiger charge is 2.25. The highest BCUT2D eigenvalue weighted by atomic mass is 16.6. The average molecular weight is 446 g/mol. The van der Waals surface area contributed by atoms with Crippen molar-refractivity contribution in [1.82, 2.24) is 9.97 Å². The molecule has 1 heterocycles. The fourth-order valence-corrected chi connectivity index (χ4v) is 3.44. The standard InChI is InChI=1S/C24H22N4O5/c1-31-20-10-7-16(13-21(20)32-2)11-12-25-23-22(28(29)30)24(27-15-26-23)33-19-9-8-17-5-3-4-6-18(17)14-19/h3-10,13-15H,11-12H2,1-2H3,(H,25,26,27). The third-order valence-electron chi connectivity index (χ3n) is 5.06. The topological polar surface area (TPSA) is 109 Å². The van der Waals surface area contributed by atoms with E-state index in [1.165, 1.54) is 6.33 Å². The molecule has 0 fully saturated rings. The zero-order chi connectivity index (χ0) is 23.2. The van der Waals surface area contributed by atoms with Crippen molar-refractivity contribution in [2.45, 2.75) is 6.42 Å². The highest BCUT2D eigenvalue weighted by Crippen LogP contribution is 2.35. The van der Waals surface area contributed by atoms with E-state index in [1.54, 1.807) is 20.3 Å². The van der Waals surface area contributed by atoms with Crippen molar-refractivity contribution in [3.8, 4) is 23.1 Å². The van der Waals surface area contributed by atoms with E-state index in [-0.39, 0.29) is 17.4 Å². The van der Waals surface area contributed by atoms with Gasteiger partial charge < -0.3 is 19.5 Å². The Bertz CT molecular complexity index is 1300. The fraction of sp³-hybridized carbons (Fsp3) is 0.167. The summed E-state index contributed by atoms with van der Waals surface area (Å²) in [6.45, 7) is 0.406. The van der Waals surface area contributed by atoms with Crippen LogP contribution in [0.3, 0.4) is 0 Å². The first-order chi connectivity index (χ1) is 16.1. The van der Waals surface area contributed by atoms with Gasteiger partial charge in [-0.05, 0) is 47.0 Å². The molecule has 0 spiro atoms. The highest BCUT2D eigenvalue weighted by molar-refractivity contribution is 5.83. The number of nitrogens with zero attached hydrogens (tertiary/aromatic N) is 3. The lowest BCUT2D eigenvalue weighted by molar-refractivity contribution is -0.385. The van der Waals surface area contributed by atoms with Gasteiger partial charge in [-0.25, -0.2) is 4.98 Å². The zero-order valence-corrected chi connectivity index (χ0v) is 18.1. The lowest BCUT2D eigenvalue weighted by atomic mass is 10.1. The molecule has 4 aromatic rings. The predicted octanol–water partition coefficient (Wildman–Crippen LogP) is 5.00. The van der Waals surface area contributed by atoms with Gasteiger partial charge in [0.1, 0.15) is 12.1 Å². The van der Waals surface area contributed by atoms with Crippen molar-refractivity contribution in [2.24, 2.45) is 0 Å². The first-order valence-electron chi connectivity index (χ1n) is 10.2. The van der Waals surface area contributed by atoms with Gasteiger partial charge in [0.25, 0.3) is 0 Å². The molecule has 1 N–H and O–H groups in total. The molecule has 9 nitrogen and oxygen atoms in total. The number of aromatic nitrogens is 2. The summed E-state index contributed by atoms with van der Waals surface area (Å²) < 4.78 is 16.3. The Morgan fingerprint density at radius 2 is 1.73 bits per heavy atom. The Hall–Kier alpha value is -4.40. The smallest absolute Gasteiger partial charge is 0.373 e. The number of ether oxygens (including phenoxy) is 3. The molecule has 0 radical (unpaired) electrons. The molecule has 0 unspecified atom stereocenters. The summed E-state index contributed by atoms with van der Waals surface area (Å²) in [7, 11) is 3.14. The quantitative estimate of drug-likeness (QED) is 0.283. The van der Waals surface area contributed by atoms with Gasteiger partial charge in [-0.3, -0.25) is 10.1 Å². The van der Waals surface area contributed by atoms with E-state index in [1.807, 2.05) is 54.6 Å². The lowest BCUT2D eigenvalue weighted by Gasteiger charge is -2.11. The Labute approximate surface area is 190 Å². The number of rotatable bonds is 9. The molecule has 0 bridgehead atoms. The number of nitro groups is 1. The number of hydrogen-bond donors (Lipinski definition) is 1. The molecule has 0 aliphatic rings. The summed E-state index contributed by atoms with van der Waals surface area (Å²) in [5, 5.41) is 16.8. The molecule has 0 atom stereocenters. The second-order valence-corrected chi connectivity index (χ2v) is 7.11. The number of fused-ring (bicyclic) bond motifs is 1. The predicted molar refractivity (Wildman–Crippen MR) is 124 cm³/mol. The summed E-state index contributed by atoms with van der Waals surface area (Å²) >= 11 is 0. The summed E-state index contributed by atoms with van der Waals surface area (Å²) in [6.07, 6.45) is 1.82. The molecule has 0 saturated heterocycles. The minimum absolute atomic E-state index is 0.0891. The summed E-state index contributed by atoms with van der Waals surface area (Å²) in [5.74, 6) is 1.67. The average Bonchev–Trinajstić information content (AvgIpc) is 2.83. The first-order valence-corrected chi connectivity index (χ1v) is 10.2. The van der Waals surface area contributed by atoms with Crippen LogP contribution in [0.15, 0.2) is 67.0 Å². The summed E-state index contributed by atoms with van der Waals surface area (Å²) in [5.41, 5.74) is 0.655. The molecule has 0 aliphatic heterocycles. The third kappa shape index (κ3) is 4.93. The number of nitrogens with one attached hydrogen (secondary N) is 1. The van der Waals surface area contributed by atoms with Crippen LogP contribution in [0.5, 0.6) is 23.1 Å². The lowest BCUT2D eigenvalue weighted by Crippen LogP contribution is -2.10. The van der Waals surface area contributed by atoms with E-state index in [2.05, 4.69) is 15.3 Å². The van der Waals surface area contributed by atoms with Gasteiger partial charge in [-0.2, -0.15) is 4.98 Å². The van der Waals surface area contributed by atoms with Gasteiger partial charge in [0, 0.05) is 6.54 Å². The molecule has 0 amide bonds. The molecular weight excluding hydrogens is 424 g/mol.